The van der Waals surface area contributed by atoms with Crippen LogP contribution < -0.4 is 0 Å². The van der Waals surface area contributed by atoms with Crippen LogP contribution in [0.4, 0.5) is 0 Å². The molecule has 1 fully saturated rings. The normalized spacial score (nSPS) is 18.9. The molecule has 0 radical (unpaired) electrons. The second-order valence-corrected chi connectivity index (χ2v) is 9.48. The fraction of sp³-hybridized carbons (Fsp3) is 0.571. The lowest BCUT2D eigenvalue weighted by Gasteiger charge is -2.41. The van der Waals surface area contributed by atoms with Gasteiger partial charge in [-0.3, -0.25) is 0 Å². The molecule has 1 saturated carbocycles. The van der Waals surface area contributed by atoms with E-state index in [0.717, 1.165) is 12.3 Å². The maximum Gasteiger partial charge on any atom is 0.0732 e. The van der Waals surface area contributed by atoms with Crippen LogP contribution in [0.5, 0.6) is 0 Å². The molecule has 2 atom stereocenters. The number of ether oxygens (including phenoxy) is 1. The molecule has 0 amide bonds. The summed E-state index contributed by atoms with van der Waals surface area (Å²) >= 11 is 0. The maximum atomic E-state index is 6.53. The third-order valence-electron chi connectivity index (χ3n) is 7.41. The van der Waals surface area contributed by atoms with Crippen molar-refractivity contribution in [2.24, 2.45) is 11.3 Å². The van der Waals surface area contributed by atoms with E-state index in [9.17, 15) is 0 Å². The molecule has 0 N–H and O–H groups in total. The van der Waals surface area contributed by atoms with Gasteiger partial charge in [0.2, 0.25) is 0 Å². The Morgan fingerprint density at radius 2 is 1.90 bits per heavy atom. The molecule has 3 rings (SSSR count). The van der Waals surface area contributed by atoms with Gasteiger partial charge in [-0.1, -0.05) is 82.0 Å². The number of fused-ring (bicyclic) bond motifs is 1. The van der Waals surface area contributed by atoms with Gasteiger partial charge in [0.25, 0.3) is 0 Å². The first kappa shape index (κ1) is 22.1. The summed E-state index contributed by atoms with van der Waals surface area (Å²) in [6.07, 6.45) is 14.1. The topological polar surface area (TPSA) is 9.23 Å². The first-order valence-corrected chi connectivity index (χ1v) is 11.7. The lowest BCUT2D eigenvalue weighted by Crippen LogP contribution is -2.32. The van der Waals surface area contributed by atoms with Gasteiger partial charge < -0.3 is 4.74 Å². The Labute approximate surface area is 178 Å². The van der Waals surface area contributed by atoms with Gasteiger partial charge in [-0.05, 0) is 78.8 Å². The lowest BCUT2D eigenvalue weighted by molar-refractivity contribution is -0.00405. The van der Waals surface area contributed by atoms with Gasteiger partial charge >= 0.3 is 0 Å². The number of hydrogen-bond acceptors (Lipinski definition) is 1. The molecule has 0 aromatic heterocycles. The van der Waals surface area contributed by atoms with Gasteiger partial charge in [-0.15, -0.1) is 0 Å². The quantitative estimate of drug-likeness (QED) is 0.437. The Kier molecular flexibility index (Phi) is 7.57. The van der Waals surface area contributed by atoms with E-state index in [2.05, 4.69) is 77.1 Å². The Morgan fingerprint density at radius 1 is 1.17 bits per heavy atom. The first-order valence-electron chi connectivity index (χ1n) is 11.7. The predicted octanol–water partition coefficient (Wildman–Crippen LogP) is 8.47. The van der Waals surface area contributed by atoms with Gasteiger partial charge in [0.05, 0.1) is 12.7 Å². The Hall–Kier alpha value is -1.60. The fourth-order valence-corrected chi connectivity index (χ4v) is 5.49. The summed E-state index contributed by atoms with van der Waals surface area (Å²) in [4.78, 5) is 0. The molecule has 0 saturated heterocycles. The van der Waals surface area contributed by atoms with Crippen molar-refractivity contribution in [3.63, 3.8) is 0 Å². The Bertz CT molecular complexity index is 828. The van der Waals surface area contributed by atoms with Crippen LogP contribution in [-0.4, -0.2) is 6.10 Å². The van der Waals surface area contributed by atoms with Crippen molar-refractivity contribution in [2.75, 3.05) is 0 Å². The molecule has 1 nitrogen and oxygen atoms in total. The van der Waals surface area contributed by atoms with E-state index in [1.165, 1.54) is 66.0 Å². The Morgan fingerprint density at radius 3 is 2.59 bits per heavy atom. The third-order valence-corrected chi connectivity index (χ3v) is 7.41. The minimum absolute atomic E-state index is 0.277. The summed E-state index contributed by atoms with van der Waals surface area (Å²) in [7, 11) is 0. The van der Waals surface area contributed by atoms with E-state index in [1.807, 2.05) is 0 Å². The molecule has 2 aromatic rings. The smallest absolute Gasteiger partial charge is 0.0732 e. The number of benzene rings is 2. The highest BCUT2D eigenvalue weighted by atomic mass is 16.5. The average Bonchev–Trinajstić information content (AvgIpc) is 2.74. The van der Waals surface area contributed by atoms with E-state index in [0.29, 0.717) is 12.0 Å². The third kappa shape index (κ3) is 5.12. The molecule has 1 aliphatic rings. The van der Waals surface area contributed by atoms with E-state index in [-0.39, 0.29) is 6.10 Å². The van der Waals surface area contributed by atoms with Crippen LogP contribution in [0, 0.1) is 18.3 Å². The van der Waals surface area contributed by atoms with Crippen molar-refractivity contribution in [3.8, 4) is 0 Å². The van der Waals surface area contributed by atoms with Crippen LogP contribution in [0.15, 0.2) is 36.4 Å². The number of allylic oxidation sites excluding steroid dienone is 1. The van der Waals surface area contributed by atoms with Gasteiger partial charge in [0.15, 0.2) is 0 Å². The van der Waals surface area contributed by atoms with Crippen molar-refractivity contribution in [2.45, 2.75) is 92.3 Å². The molecule has 29 heavy (non-hydrogen) atoms. The largest absolute Gasteiger partial charge is 0.374 e. The fourth-order valence-electron chi connectivity index (χ4n) is 5.49. The second kappa shape index (κ2) is 9.94. The zero-order valence-corrected chi connectivity index (χ0v) is 19.3. The molecule has 2 aromatic carbocycles. The molecule has 0 heterocycles. The van der Waals surface area contributed by atoms with Gasteiger partial charge in [0.1, 0.15) is 0 Å². The lowest BCUT2D eigenvalue weighted by atomic mass is 9.66. The van der Waals surface area contributed by atoms with E-state index in [4.69, 9.17) is 4.74 Å². The van der Waals surface area contributed by atoms with Gasteiger partial charge in [-0.25, -0.2) is 0 Å². The summed E-state index contributed by atoms with van der Waals surface area (Å²) in [5.41, 5.74) is 4.39. The first-order chi connectivity index (χ1) is 14.0. The van der Waals surface area contributed by atoms with Crippen molar-refractivity contribution < 1.29 is 4.74 Å². The highest BCUT2D eigenvalue weighted by molar-refractivity contribution is 5.90. The standard InChI is InChI=1S/C28H40O/c1-6-13-25-21(3)18-23-14-11-12-17-26(23)27(25)20-29-22(4)19-28(5,7-2)24-15-9-8-10-16-24/h6,11-14,17-18,22,24H,7-10,15-16,19-20H2,1-5H3/b13-6-. The van der Waals surface area contributed by atoms with Crippen LogP contribution in [0.1, 0.15) is 89.3 Å². The van der Waals surface area contributed by atoms with Crippen LogP contribution in [0.3, 0.4) is 0 Å². The Balaban J connectivity index is 1.78. The summed E-state index contributed by atoms with van der Waals surface area (Å²) in [6.45, 7) is 12.2. The molecule has 1 heteroatoms. The molecule has 1 aliphatic carbocycles. The minimum atomic E-state index is 0.277. The van der Waals surface area contributed by atoms with Crippen LogP contribution in [-0.2, 0) is 11.3 Å². The number of rotatable bonds is 8. The monoisotopic (exact) mass is 392 g/mol. The molecule has 0 spiro atoms. The van der Waals surface area contributed by atoms with Crippen molar-refractivity contribution in [1.82, 2.24) is 0 Å². The van der Waals surface area contributed by atoms with Crippen LogP contribution >= 0.6 is 0 Å². The summed E-state index contributed by atoms with van der Waals surface area (Å²) in [5, 5.41) is 2.63. The molecule has 158 valence electrons. The van der Waals surface area contributed by atoms with Crippen molar-refractivity contribution in [3.05, 3.63) is 53.1 Å². The molecule has 2 unspecified atom stereocenters. The summed E-state index contributed by atoms with van der Waals surface area (Å²) in [5.74, 6) is 0.866. The zero-order valence-electron chi connectivity index (χ0n) is 19.3. The van der Waals surface area contributed by atoms with Gasteiger partial charge in [0, 0.05) is 0 Å². The zero-order chi connectivity index (χ0) is 20.9. The number of hydrogen-bond donors (Lipinski definition) is 0. The van der Waals surface area contributed by atoms with E-state index < -0.39 is 0 Å². The molecular formula is C28H40O. The second-order valence-electron chi connectivity index (χ2n) is 9.48. The molecule has 0 aliphatic heterocycles. The van der Waals surface area contributed by atoms with E-state index in [1.54, 1.807) is 0 Å². The van der Waals surface area contributed by atoms with Crippen LogP contribution in [0.2, 0.25) is 0 Å². The van der Waals surface area contributed by atoms with E-state index >= 15 is 0 Å². The van der Waals surface area contributed by atoms with Crippen molar-refractivity contribution in [1.29, 1.82) is 0 Å². The maximum absolute atomic E-state index is 6.53. The SMILES string of the molecule is C/C=C\c1c(C)cc2ccccc2c1COC(C)CC(C)(CC)C1CCCCC1. The van der Waals surface area contributed by atoms with Gasteiger partial charge in [-0.2, -0.15) is 0 Å². The summed E-state index contributed by atoms with van der Waals surface area (Å²) in [6, 6.07) is 11.0. The highest BCUT2D eigenvalue weighted by Gasteiger charge is 2.34. The highest BCUT2D eigenvalue weighted by Crippen LogP contribution is 2.44. The van der Waals surface area contributed by atoms with Crippen molar-refractivity contribution >= 4 is 16.8 Å². The average molecular weight is 393 g/mol. The minimum Gasteiger partial charge on any atom is -0.374 e. The molecule has 0 bridgehead atoms. The predicted molar refractivity (Wildman–Crippen MR) is 127 cm³/mol. The van der Waals surface area contributed by atoms with Crippen LogP contribution in [0.25, 0.3) is 16.8 Å². The summed E-state index contributed by atoms with van der Waals surface area (Å²) < 4.78 is 6.53. The molecular weight excluding hydrogens is 352 g/mol. The number of aryl methyl sites for hydroxylation is 1.